The third-order valence-electron chi connectivity index (χ3n) is 1.44. The molecular weight excluding hydrogens is 277 g/mol. The largest absolute Gasteiger partial charge is 0.574 e. The summed E-state index contributed by atoms with van der Waals surface area (Å²) < 4.78 is 39.5. The summed E-state index contributed by atoms with van der Waals surface area (Å²) in [5, 5.41) is 8.59. The summed E-state index contributed by atoms with van der Waals surface area (Å²) >= 11 is 3.03. The number of aryl methyl sites for hydroxylation is 1. The van der Waals surface area contributed by atoms with E-state index in [1.807, 2.05) is 0 Å². The fraction of sp³-hybridized carbons (Fsp3) is 0.250. The number of hydrogen-bond donors (Lipinski definition) is 0. The molecule has 1 rings (SSSR count). The van der Waals surface area contributed by atoms with Gasteiger partial charge < -0.3 is 4.74 Å². The summed E-state index contributed by atoms with van der Waals surface area (Å²) in [6.07, 6.45) is -4.81. The molecule has 0 aliphatic carbocycles. The molecule has 0 fully saturated rings. The Hall–Kier alpha value is -1.29. The molecule has 0 saturated heterocycles. The first-order valence-corrected chi connectivity index (χ1v) is 4.46. The first-order chi connectivity index (χ1) is 6.83. The molecule has 0 unspecified atom stereocenters. The fourth-order valence-electron chi connectivity index (χ4n) is 0.872. The first-order valence-electron chi connectivity index (χ1n) is 3.66. The highest BCUT2D eigenvalue weighted by atomic mass is 79.9. The van der Waals surface area contributed by atoms with Crippen LogP contribution in [-0.4, -0.2) is 11.3 Å². The highest BCUT2D eigenvalue weighted by molar-refractivity contribution is 9.10. The lowest BCUT2D eigenvalue weighted by molar-refractivity contribution is -0.276. The second-order valence-corrected chi connectivity index (χ2v) is 3.39. The zero-order valence-corrected chi connectivity index (χ0v) is 8.98. The Morgan fingerprint density at radius 1 is 1.53 bits per heavy atom. The second kappa shape index (κ2) is 4.06. The van der Waals surface area contributed by atoms with Gasteiger partial charge in [0.15, 0.2) is 5.69 Å². The molecule has 0 amide bonds. The molecule has 0 saturated carbocycles. The van der Waals surface area contributed by atoms with Gasteiger partial charge in [-0.1, -0.05) is 0 Å². The Morgan fingerprint density at radius 3 is 2.60 bits per heavy atom. The Morgan fingerprint density at radius 2 is 2.13 bits per heavy atom. The molecule has 0 radical (unpaired) electrons. The van der Waals surface area contributed by atoms with Crippen LogP contribution in [0.4, 0.5) is 13.2 Å². The third kappa shape index (κ3) is 3.09. The van der Waals surface area contributed by atoms with Crippen LogP contribution in [0, 0.1) is 18.3 Å². The molecule has 1 aromatic rings. The van der Waals surface area contributed by atoms with E-state index in [9.17, 15) is 13.2 Å². The molecule has 0 aliphatic rings. The monoisotopic (exact) mass is 280 g/mol. The number of pyridine rings is 1. The lowest BCUT2D eigenvalue weighted by atomic mass is 10.2. The summed E-state index contributed by atoms with van der Waals surface area (Å²) in [7, 11) is 0. The molecule has 15 heavy (non-hydrogen) atoms. The molecule has 3 nitrogen and oxygen atoms in total. The molecule has 0 aliphatic heterocycles. The fourth-order valence-corrected chi connectivity index (χ4v) is 1.16. The average Bonchev–Trinajstić information content (AvgIpc) is 2.08. The molecule has 7 heteroatoms. The van der Waals surface area contributed by atoms with Crippen LogP contribution < -0.4 is 4.74 Å². The number of aromatic nitrogens is 1. The van der Waals surface area contributed by atoms with Gasteiger partial charge >= 0.3 is 6.36 Å². The van der Waals surface area contributed by atoms with Gasteiger partial charge in [0, 0.05) is 6.07 Å². The van der Waals surface area contributed by atoms with Crippen LogP contribution in [0.1, 0.15) is 11.3 Å². The Balaban J connectivity index is 3.13. The molecule has 0 aromatic carbocycles. The second-order valence-electron chi connectivity index (χ2n) is 2.60. The van der Waals surface area contributed by atoms with E-state index in [1.165, 1.54) is 6.92 Å². The maximum Gasteiger partial charge on any atom is 0.574 e. The van der Waals surface area contributed by atoms with Gasteiger partial charge in [0.1, 0.15) is 6.07 Å². The number of hydrogen-bond acceptors (Lipinski definition) is 3. The van der Waals surface area contributed by atoms with Gasteiger partial charge in [0.05, 0.1) is 4.47 Å². The summed E-state index contributed by atoms with van der Waals surface area (Å²) in [6, 6.07) is 2.75. The summed E-state index contributed by atoms with van der Waals surface area (Å²) in [5.41, 5.74) is 0.301. The van der Waals surface area contributed by atoms with Gasteiger partial charge in [-0.25, -0.2) is 4.98 Å². The minimum absolute atomic E-state index is 0.144. The zero-order chi connectivity index (χ0) is 11.6. The van der Waals surface area contributed by atoms with Crippen LogP contribution in [0.3, 0.4) is 0 Å². The quantitative estimate of drug-likeness (QED) is 0.795. The maximum absolute atomic E-state index is 11.9. The predicted octanol–water partition coefficient (Wildman–Crippen LogP) is 2.92. The van der Waals surface area contributed by atoms with Crippen molar-refractivity contribution in [2.24, 2.45) is 0 Å². The van der Waals surface area contributed by atoms with E-state index in [-0.39, 0.29) is 5.69 Å². The van der Waals surface area contributed by atoms with Gasteiger partial charge in [-0.05, 0) is 28.4 Å². The van der Waals surface area contributed by atoms with Crippen molar-refractivity contribution in [3.05, 3.63) is 21.8 Å². The molecule has 0 atom stereocenters. The number of halogens is 4. The van der Waals surface area contributed by atoms with Gasteiger partial charge in [0.25, 0.3) is 0 Å². The first kappa shape index (κ1) is 11.8. The van der Waals surface area contributed by atoms with Crippen molar-refractivity contribution in [3.63, 3.8) is 0 Å². The van der Waals surface area contributed by atoms with Gasteiger partial charge in [-0.3, -0.25) is 0 Å². The van der Waals surface area contributed by atoms with Crippen LogP contribution in [0.2, 0.25) is 0 Å². The van der Waals surface area contributed by atoms with Crippen LogP contribution in [-0.2, 0) is 0 Å². The summed E-state index contributed by atoms with van der Waals surface area (Å²) in [5.74, 6) is -0.639. The minimum Gasteiger partial charge on any atom is -0.388 e. The standard InChI is InChI=1S/C8H4BrF3N2O/c1-4-2-6(15-8(10,11)12)14-5(3-13)7(4)9/h2H,1H3. The molecule has 0 N–H and O–H groups in total. The van der Waals surface area contributed by atoms with E-state index in [2.05, 4.69) is 25.7 Å². The lowest BCUT2D eigenvalue weighted by Crippen LogP contribution is -2.18. The molecule has 0 spiro atoms. The van der Waals surface area contributed by atoms with E-state index >= 15 is 0 Å². The van der Waals surface area contributed by atoms with E-state index in [1.54, 1.807) is 6.07 Å². The highest BCUT2D eigenvalue weighted by Gasteiger charge is 2.32. The lowest BCUT2D eigenvalue weighted by Gasteiger charge is -2.09. The van der Waals surface area contributed by atoms with Crippen molar-refractivity contribution in [2.75, 3.05) is 0 Å². The normalized spacial score (nSPS) is 10.9. The average molecular weight is 281 g/mol. The predicted molar refractivity (Wildman–Crippen MR) is 48.1 cm³/mol. The van der Waals surface area contributed by atoms with E-state index in [4.69, 9.17) is 5.26 Å². The van der Waals surface area contributed by atoms with E-state index in [0.29, 0.717) is 10.0 Å². The zero-order valence-electron chi connectivity index (χ0n) is 7.39. The van der Waals surface area contributed by atoms with Crippen molar-refractivity contribution in [1.82, 2.24) is 4.98 Å². The highest BCUT2D eigenvalue weighted by Crippen LogP contribution is 2.26. The van der Waals surface area contributed by atoms with Crippen molar-refractivity contribution < 1.29 is 17.9 Å². The van der Waals surface area contributed by atoms with Crippen LogP contribution >= 0.6 is 15.9 Å². The van der Waals surface area contributed by atoms with Crippen LogP contribution in [0.5, 0.6) is 5.88 Å². The number of nitriles is 1. The topological polar surface area (TPSA) is 45.9 Å². The van der Waals surface area contributed by atoms with E-state index < -0.39 is 12.2 Å². The molecule has 1 heterocycles. The Bertz CT molecular complexity index is 425. The van der Waals surface area contributed by atoms with Crippen molar-refractivity contribution in [1.29, 1.82) is 5.26 Å². The maximum atomic E-state index is 11.9. The van der Waals surface area contributed by atoms with Crippen molar-refractivity contribution >= 4 is 15.9 Å². The number of alkyl halides is 3. The van der Waals surface area contributed by atoms with Crippen LogP contribution in [0.15, 0.2) is 10.5 Å². The Labute approximate surface area is 91.6 Å². The van der Waals surface area contributed by atoms with Crippen molar-refractivity contribution in [2.45, 2.75) is 13.3 Å². The molecular formula is C8H4BrF3N2O. The minimum atomic E-state index is -4.81. The van der Waals surface area contributed by atoms with Crippen LogP contribution in [0.25, 0.3) is 0 Å². The Kier molecular flexibility index (Phi) is 3.19. The SMILES string of the molecule is Cc1cc(OC(F)(F)F)nc(C#N)c1Br. The molecule has 0 bridgehead atoms. The summed E-state index contributed by atoms with van der Waals surface area (Å²) in [6.45, 7) is 1.54. The smallest absolute Gasteiger partial charge is 0.388 e. The number of rotatable bonds is 1. The molecule has 1 aromatic heterocycles. The molecule has 80 valence electrons. The van der Waals surface area contributed by atoms with Gasteiger partial charge in [-0.15, -0.1) is 13.2 Å². The van der Waals surface area contributed by atoms with Gasteiger partial charge in [0.2, 0.25) is 5.88 Å². The van der Waals surface area contributed by atoms with Crippen molar-refractivity contribution in [3.8, 4) is 11.9 Å². The van der Waals surface area contributed by atoms with Gasteiger partial charge in [-0.2, -0.15) is 5.26 Å². The number of nitrogens with zero attached hydrogens (tertiary/aromatic N) is 2. The van der Waals surface area contributed by atoms with E-state index in [0.717, 1.165) is 6.07 Å². The summed E-state index contributed by atoms with van der Waals surface area (Å²) in [4.78, 5) is 3.39. The third-order valence-corrected chi connectivity index (χ3v) is 2.44. The number of ether oxygens (including phenoxy) is 1.